The lowest BCUT2D eigenvalue weighted by atomic mass is 10.0. The van der Waals surface area contributed by atoms with Crippen LogP contribution in [0.15, 0.2) is 24.5 Å². The average molecular weight is 179 g/mol. The number of aliphatic hydroxyl groups excluding tert-OH is 2. The molecule has 13 heavy (non-hydrogen) atoms. The molecule has 0 radical (unpaired) electrons. The summed E-state index contributed by atoms with van der Waals surface area (Å²) in [5.41, 5.74) is 0.842. The summed E-state index contributed by atoms with van der Waals surface area (Å²) in [7, 11) is 0. The molecule has 0 amide bonds. The highest BCUT2D eigenvalue weighted by molar-refractivity contribution is 5.27. The Balaban J connectivity index is 2.15. The quantitative estimate of drug-likeness (QED) is 0.712. The van der Waals surface area contributed by atoms with E-state index in [-0.39, 0.29) is 24.5 Å². The van der Waals surface area contributed by atoms with Crippen molar-refractivity contribution in [2.75, 3.05) is 13.2 Å². The smallest absolute Gasteiger partial charge is 0.0515 e. The molecule has 1 saturated carbocycles. The molecule has 3 nitrogen and oxygen atoms in total. The number of pyridine rings is 1. The molecule has 0 aliphatic heterocycles. The normalized spacial score (nSPS) is 24.3. The van der Waals surface area contributed by atoms with Crippen LogP contribution >= 0.6 is 0 Å². The standard InChI is InChI=1S/C10H13NO2/c12-6-10(7-13)4-9(10)8-2-1-3-11-5-8/h1-3,5,9,12-13H,4,6-7H2. The monoisotopic (exact) mass is 179 g/mol. The molecule has 1 heterocycles. The van der Waals surface area contributed by atoms with Gasteiger partial charge in [0.1, 0.15) is 0 Å². The van der Waals surface area contributed by atoms with Crippen molar-refractivity contribution in [3.8, 4) is 0 Å². The molecule has 1 aromatic heterocycles. The largest absolute Gasteiger partial charge is 0.396 e. The van der Waals surface area contributed by atoms with Crippen molar-refractivity contribution in [1.29, 1.82) is 0 Å². The van der Waals surface area contributed by atoms with E-state index in [9.17, 15) is 0 Å². The molecule has 1 aromatic rings. The Kier molecular flexibility index (Phi) is 2.06. The van der Waals surface area contributed by atoms with Crippen LogP contribution in [0.1, 0.15) is 17.9 Å². The van der Waals surface area contributed by atoms with Crippen LogP contribution in [-0.4, -0.2) is 28.4 Å². The molecule has 70 valence electrons. The van der Waals surface area contributed by atoms with Gasteiger partial charge in [0.15, 0.2) is 0 Å². The van der Waals surface area contributed by atoms with Crippen molar-refractivity contribution in [2.24, 2.45) is 5.41 Å². The Hall–Kier alpha value is -0.930. The van der Waals surface area contributed by atoms with Crippen LogP contribution in [-0.2, 0) is 0 Å². The number of nitrogens with zero attached hydrogens (tertiary/aromatic N) is 1. The minimum Gasteiger partial charge on any atom is -0.396 e. The lowest BCUT2D eigenvalue weighted by molar-refractivity contribution is 0.129. The van der Waals surface area contributed by atoms with Gasteiger partial charge in [0, 0.05) is 17.8 Å². The van der Waals surface area contributed by atoms with E-state index in [1.165, 1.54) is 0 Å². The van der Waals surface area contributed by atoms with Crippen LogP contribution in [0.2, 0.25) is 0 Å². The van der Waals surface area contributed by atoms with E-state index >= 15 is 0 Å². The lowest BCUT2D eigenvalue weighted by Gasteiger charge is -2.09. The summed E-state index contributed by atoms with van der Waals surface area (Å²) in [4.78, 5) is 4.02. The summed E-state index contributed by atoms with van der Waals surface area (Å²) >= 11 is 0. The Morgan fingerprint density at radius 3 is 2.69 bits per heavy atom. The summed E-state index contributed by atoms with van der Waals surface area (Å²) in [5.74, 6) is 0.288. The Bertz CT molecular complexity index is 282. The summed E-state index contributed by atoms with van der Waals surface area (Å²) in [5, 5.41) is 18.2. The van der Waals surface area contributed by atoms with Crippen LogP contribution in [0.5, 0.6) is 0 Å². The van der Waals surface area contributed by atoms with E-state index < -0.39 is 0 Å². The minimum atomic E-state index is -0.275. The third-order valence-electron chi connectivity index (χ3n) is 2.91. The maximum absolute atomic E-state index is 9.11. The second kappa shape index (κ2) is 3.09. The van der Waals surface area contributed by atoms with Gasteiger partial charge in [-0.05, 0) is 24.0 Å². The van der Waals surface area contributed by atoms with Crippen LogP contribution in [0.4, 0.5) is 0 Å². The van der Waals surface area contributed by atoms with E-state index in [4.69, 9.17) is 10.2 Å². The topological polar surface area (TPSA) is 53.4 Å². The summed E-state index contributed by atoms with van der Waals surface area (Å²) in [6, 6.07) is 3.87. The van der Waals surface area contributed by atoms with Gasteiger partial charge in [-0.1, -0.05) is 6.07 Å². The molecule has 0 saturated heterocycles. The Labute approximate surface area is 77.1 Å². The Morgan fingerprint density at radius 2 is 2.23 bits per heavy atom. The van der Waals surface area contributed by atoms with Gasteiger partial charge < -0.3 is 10.2 Å². The molecule has 0 bridgehead atoms. The summed E-state index contributed by atoms with van der Waals surface area (Å²) in [6.07, 6.45) is 4.40. The molecule has 1 aliphatic rings. The van der Waals surface area contributed by atoms with E-state index in [0.29, 0.717) is 0 Å². The number of aromatic nitrogens is 1. The average Bonchev–Trinajstić information content (AvgIpc) is 2.95. The van der Waals surface area contributed by atoms with Gasteiger partial charge in [-0.15, -0.1) is 0 Å². The van der Waals surface area contributed by atoms with Crippen LogP contribution in [0.25, 0.3) is 0 Å². The molecule has 3 heteroatoms. The number of rotatable bonds is 3. The van der Waals surface area contributed by atoms with Gasteiger partial charge >= 0.3 is 0 Å². The molecule has 0 spiro atoms. The van der Waals surface area contributed by atoms with Crippen LogP contribution in [0.3, 0.4) is 0 Å². The fraction of sp³-hybridized carbons (Fsp3) is 0.500. The van der Waals surface area contributed by atoms with Crippen molar-refractivity contribution < 1.29 is 10.2 Å². The van der Waals surface area contributed by atoms with Crippen molar-refractivity contribution in [3.05, 3.63) is 30.1 Å². The van der Waals surface area contributed by atoms with E-state index in [2.05, 4.69) is 4.98 Å². The third-order valence-corrected chi connectivity index (χ3v) is 2.91. The fourth-order valence-corrected chi connectivity index (χ4v) is 1.80. The van der Waals surface area contributed by atoms with Crippen molar-refractivity contribution >= 4 is 0 Å². The highest BCUT2D eigenvalue weighted by Gasteiger charge is 2.53. The number of hydrogen-bond acceptors (Lipinski definition) is 3. The zero-order valence-corrected chi connectivity index (χ0v) is 7.35. The van der Waals surface area contributed by atoms with Gasteiger partial charge in [0.25, 0.3) is 0 Å². The Morgan fingerprint density at radius 1 is 1.46 bits per heavy atom. The highest BCUT2D eigenvalue weighted by Crippen LogP contribution is 2.58. The molecule has 2 rings (SSSR count). The first-order valence-corrected chi connectivity index (χ1v) is 4.44. The number of hydrogen-bond donors (Lipinski definition) is 2. The molecular weight excluding hydrogens is 166 g/mol. The molecular formula is C10H13NO2. The molecule has 2 N–H and O–H groups in total. The van der Waals surface area contributed by atoms with Crippen LogP contribution in [0, 0.1) is 5.41 Å². The first kappa shape index (κ1) is 8.66. The maximum atomic E-state index is 9.11. The zero-order valence-electron chi connectivity index (χ0n) is 7.35. The second-order valence-electron chi connectivity index (χ2n) is 3.72. The summed E-state index contributed by atoms with van der Waals surface area (Å²) < 4.78 is 0. The van der Waals surface area contributed by atoms with E-state index in [1.54, 1.807) is 12.4 Å². The first-order chi connectivity index (χ1) is 6.32. The predicted octanol–water partition coefficient (Wildman–Crippen LogP) is 0.540. The molecule has 1 atom stereocenters. The zero-order chi connectivity index (χ0) is 9.31. The van der Waals surface area contributed by atoms with Crippen molar-refractivity contribution in [2.45, 2.75) is 12.3 Å². The molecule has 1 unspecified atom stereocenters. The highest BCUT2D eigenvalue weighted by atomic mass is 16.3. The SMILES string of the molecule is OCC1(CO)CC1c1cccnc1. The van der Waals surface area contributed by atoms with Gasteiger partial charge in [0.2, 0.25) is 0 Å². The molecule has 1 fully saturated rings. The predicted molar refractivity (Wildman–Crippen MR) is 48.2 cm³/mol. The van der Waals surface area contributed by atoms with Gasteiger partial charge in [0.05, 0.1) is 13.2 Å². The minimum absolute atomic E-state index is 0.0586. The second-order valence-corrected chi connectivity index (χ2v) is 3.72. The van der Waals surface area contributed by atoms with Gasteiger partial charge in [-0.25, -0.2) is 0 Å². The lowest BCUT2D eigenvalue weighted by Crippen LogP contribution is -2.14. The third kappa shape index (κ3) is 1.34. The van der Waals surface area contributed by atoms with Crippen molar-refractivity contribution in [3.63, 3.8) is 0 Å². The molecule has 1 aliphatic carbocycles. The summed E-state index contributed by atoms with van der Waals surface area (Å²) in [6.45, 7) is 0.117. The van der Waals surface area contributed by atoms with E-state index in [1.807, 2.05) is 12.1 Å². The maximum Gasteiger partial charge on any atom is 0.0515 e. The number of aliphatic hydroxyl groups is 2. The van der Waals surface area contributed by atoms with Crippen LogP contribution < -0.4 is 0 Å². The van der Waals surface area contributed by atoms with Crippen molar-refractivity contribution in [1.82, 2.24) is 4.98 Å². The van der Waals surface area contributed by atoms with Gasteiger partial charge in [-0.2, -0.15) is 0 Å². The first-order valence-electron chi connectivity index (χ1n) is 4.44. The van der Waals surface area contributed by atoms with E-state index in [0.717, 1.165) is 12.0 Å². The fourth-order valence-electron chi connectivity index (χ4n) is 1.80. The van der Waals surface area contributed by atoms with Gasteiger partial charge in [-0.3, -0.25) is 4.98 Å². The molecule has 0 aromatic carbocycles.